The highest BCUT2D eigenvalue weighted by atomic mass is 16.3. The Morgan fingerprint density at radius 3 is 2.73 bits per heavy atom. The first-order valence-electron chi connectivity index (χ1n) is 4.66. The molecule has 0 aliphatic heterocycles. The molecule has 1 aromatic rings. The first kappa shape index (κ1) is 11.3. The van der Waals surface area contributed by atoms with E-state index in [1.807, 2.05) is 0 Å². The molecule has 0 aromatic carbocycles. The summed E-state index contributed by atoms with van der Waals surface area (Å²) in [5, 5.41) is 12.0. The van der Waals surface area contributed by atoms with Crippen LogP contribution in [-0.2, 0) is 7.05 Å². The number of amides is 1. The Hall–Kier alpha value is -1.78. The molecule has 0 bridgehead atoms. The van der Waals surface area contributed by atoms with Crippen molar-refractivity contribution in [1.29, 1.82) is 0 Å². The Morgan fingerprint density at radius 1 is 1.60 bits per heavy atom. The van der Waals surface area contributed by atoms with Crippen LogP contribution in [0.5, 0.6) is 5.75 Å². The molecule has 0 radical (unpaired) electrons. The summed E-state index contributed by atoms with van der Waals surface area (Å²) in [5.74, 6) is -0.952. The van der Waals surface area contributed by atoms with E-state index in [9.17, 15) is 14.7 Å². The van der Waals surface area contributed by atoms with Crippen molar-refractivity contribution >= 4 is 5.91 Å². The van der Waals surface area contributed by atoms with Gasteiger partial charge in [0.05, 0.1) is 0 Å². The highest BCUT2D eigenvalue weighted by Crippen LogP contribution is 2.12. The number of aromatic hydroxyl groups is 1. The summed E-state index contributed by atoms with van der Waals surface area (Å²) in [6, 6.07) is 1.29. The Morgan fingerprint density at radius 2 is 2.20 bits per heavy atom. The minimum Gasteiger partial charge on any atom is -0.503 e. The van der Waals surface area contributed by atoms with Gasteiger partial charge in [0, 0.05) is 25.4 Å². The second-order valence-corrected chi connectivity index (χ2v) is 3.27. The van der Waals surface area contributed by atoms with E-state index in [1.165, 1.54) is 10.6 Å². The van der Waals surface area contributed by atoms with E-state index in [1.54, 1.807) is 20.9 Å². The summed E-state index contributed by atoms with van der Waals surface area (Å²) >= 11 is 0. The standard InChI is InChI=1S/C10H14N2O3/c1-4-11-10(15)8-9(14)7(13)5-6(2)12(8)3/h5,14H,4H2,1-3H3,(H,11,15). The molecular weight excluding hydrogens is 196 g/mol. The molecule has 1 amide bonds. The van der Waals surface area contributed by atoms with Gasteiger partial charge >= 0.3 is 0 Å². The van der Waals surface area contributed by atoms with E-state index in [0.29, 0.717) is 12.2 Å². The molecule has 0 unspecified atom stereocenters. The average Bonchev–Trinajstić information content (AvgIpc) is 2.16. The average molecular weight is 210 g/mol. The monoisotopic (exact) mass is 210 g/mol. The summed E-state index contributed by atoms with van der Waals surface area (Å²) < 4.78 is 1.49. The van der Waals surface area contributed by atoms with Crippen LogP contribution in [0.1, 0.15) is 23.1 Å². The van der Waals surface area contributed by atoms with E-state index in [2.05, 4.69) is 5.32 Å². The molecule has 1 heterocycles. The first-order chi connectivity index (χ1) is 6.99. The summed E-state index contributed by atoms with van der Waals surface area (Å²) in [7, 11) is 1.62. The molecule has 0 saturated heterocycles. The number of rotatable bonds is 2. The third-order valence-electron chi connectivity index (χ3n) is 2.21. The Kier molecular flexibility index (Phi) is 3.14. The molecule has 0 fully saturated rings. The van der Waals surface area contributed by atoms with Crippen LogP contribution >= 0.6 is 0 Å². The van der Waals surface area contributed by atoms with Gasteiger partial charge in [-0.25, -0.2) is 0 Å². The zero-order chi connectivity index (χ0) is 11.6. The summed E-state index contributed by atoms with van der Waals surface area (Å²) in [4.78, 5) is 22.8. The minimum atomic E-state index is -0.535. The van der Waals surface area contributed by atoms with Crippen molar-refractivity contribution in [3.05, 3.63) is 27.7 Å². The number of aryl methyl sites for hydroxylation is 1. The van der Waals surface area contributed by atoms with Crippen LogP contribution in [0.4, 0.5) is 0 Å². The molecule has 0 atom stereocenters. The molecule has 15 heavy (non-hydrogen) atoms. The summed E-state index contributed by atoms with van der Waals surface area (Å²) in [6.45, 7) is 3.91. The minimum absolute atomic E-state index is 0.00171. The van der Waals surface area contributed by atoms with Gasteiger partial charge in [0.25, 0.3) is 5.91 Å². The fraction of sp³-hybridized carbons (Fsp3) is 0.400. The second-order valence-electron chi connectivity index (χ2n) is 3.27. The fourth-order valence-electron chi connectivity index (χ4n) is 1.31. The largest absolute Gasteiger partial charge is 0.503 e. The molecule has 5 nitrogen and oxygen atoms in total. The van der Waals surface area contributed by atoms with Crippen LogP contribution in [-0.4, -0.2) is 22.1 Å². The molecule has 0 aliphatic carbocycles. The zero-order valence-corrected chi connectivity index (χ0v) is 9.00. The van der Waals surface area contributed by atoms with Crippen LogP contribution in [0.2, 0.25) is 0 Å². The third-order valence-corrected chi connectivity index (χ3v) is 2.21. The highest BCUT2D eigenvalue weighted by Gasteiger charge is 2.17. The quantitative estimate of drug-likeness (QED) is 0.729. The number of aromatic nitrogens is 1. The van der Waals surface area contributed by atoms with E-state index < -0.39 is 17.1 Å². The Labute approximate surface area is 87.4 Å². The molecule has 2 N–H and O–H groups in total. The zero-order valence-electron chi connectivity index (χ0n) is 9.00. The van der Waals surface area contributed by atoms with Gasteiger partial charge in [-0.1, -0.05) is 0 Å². The van der Waals surface area contributed by atoms with Crippen LogP contribution < -0.4 is 10.7 Å². The molecule has 82 valence electrons. The van der Waals surface area contributed by atoms with E-state index in [0.717, 1.165) is 0 Å². The van der Waals surface area contributed by atoms with Crippen LogP contribution in [0.15, 0.2) is 10.9 Å². The predicted molar refractivity (Wildman–Crippen MR) is 56.1 cm³/mol. The van der Waals surface area contributed by atoms with Crippen molar-refractivity contribution in [1.82, 2.24) is 9.88 Å². The predicted octanol–water partition coefficient (Wildman–Crippen LogP) is 0.149. The Bertz CT molecular complexity index is 449. The van der Waals surface area contributed by atoms with Crippen molar-refractivity contribution in [2.24, 2.45) is 7.05 Å². The maximum absolute atomic E-state index is 11.6. The molecule has 0 aliphatic rings. The smallest absolute Gasteiger partial charge is 0.271 e. The summed E-state index contributed by atoms with van der Waals surface area (Å²) in [5.41, 5.74) is 0.0905. The van der Waals surface area contributed by atoms with Crippen molar-refractivity contribution in [3.63, 3.8) is 0 Å². The van der Waals surface area contributed by atoms with Gasteiger partial charge in [-0.3, -0.25) is 9.59 Å². The third kappa shape index (κ3) is 2.01. The number of carbonyl (C=O) groups is 1. The molecular formula is C10H14N2O3. The molecule has 5 heteroatoms. The molecule has 0 spiro atoms. The number of pyridine rings is 1. The number of hydrogen-bond acceptors (Lipinski definition) is 3. The van der Waals surface area contributed by atoms with Crippen LogP contribution in [0.3, 0.4) is 0 Å². The van der Waals surface area contributed by atoms with Crippen LogP contribution in [0, 0.1) is 6.92 Å². The number of nitrogens with one attached hydrogen (secondary N) is 1. The number of nitrogens with zero attached hydrogens (tertiary/aromatic N) is 1. The van der Waals surface area contributed by atoms with Gasteiger partial charge in [0.15, 0.2) is 11.4 Å². The van der Waals surface area contributed by atoms with Crippen molar-refractivity contribution in [2.75, 3.05) is 6.54 Å². The SMILES string of the molecule is CCNC(=O)c1c(O)c(=O)cc(C)n1C. The van der Waals surface area contributed by atoms with Gasteiger partial charge in [-0.05, 0) is 13.8 Å². The van der Waals surface area contributed by atoms with Crippen LogP contribution in [0.25, 0.3) is 0 Å². The van der Waals surface area contributed by atoms with Crippen molar-refractivity contribution in [3.8, 4) is 5.75 Å². The number of hydrogen-bond donors (Lipinski definition) is 2. The maximum atomic E-state index is 11.6. The molecule has 0 saturated carbocycles. The van der Waals surface area contributed by atoms with Gasteiger partial charge in [0.1, 0.15) is 0 Å². The van der Waals surface area contributed by atoms with Gasteiger partial charge in [-0.15, -0.1) is 0 Å². The molecule has 1 rings (SSSR count). The van der Waals surface area contributed by atoms with Crippen molar-refractivity contribution < 1.29 is 9.90 Å². The number of carbonyl (C=O) groups excluding carboxylic acids is 1. The van der Waals surface area contributed by atoms with E-state index in [-0.39, 0.29) is 5.69 Å². The summed E-state index contributed by atoms with van der Waals surface area (Å²) in [6.07, 6.45) is 0. The Balaban J connectivity index is 3.39. The van der Waals surface area contributed by atoms with Gasteiger partial charge < -0.3 is 15.0 Å². The lowest BCUT2D eigenvalue weighted by atomic mass is 10.2. The van der Waals surface area contributed by atoms with Gasteiger partial charge in [-0.2, -0.15) is 0 Å². The normalized spacial score (nSPS) is 10.1. The lowest BCUT2D eigenvalue weighted by molar-refractivity contribution is 0.0943. The van der Waals surface area contributed by atoms with E-state index in [4.69, 9.17) is 0 Å². The lowest BCUT2D eigenvalue weighted by Gasteiger charge is -2.12. The van der Waals surface area contributed by atoms with Crippen molar-refractivity contribution in [2.45, 2.75) is 13.8 Å². The molecule has 1 aromatic heterocycles. The highest BCUT2D eigenvalue weighted by molar-refractivity contribution is 5.95. The second kappa shape index (κ2) is 4.16. The first-order valence-corrected chi connectivity index (χ1v) is 4.66. The van der Waals surface area contributed by atoms with E-state index >= 15 is 0 Å². The fourth-order valence-corrected chi connectivity index (χ4v) is 1.31. The van der Waals surface area contributed by atoms with Gasteiger partial charge in [0.2, 0.25) is 5.43 Å². The maximum Gasteiger partial charge on any atom is 0.271 e. The topological polar surface area (TPSA) is 71.3 Å². The lowest BCUT2D eigenvalue weighted by Crippen LogP contribution is -2.28.